The summed E-state index contributed by atoms with van der Waals surface area (Å²) in [6.07, 6.45) is 0.639. The van der Waals surface area contributed by atoms with Crippen molar-refractivity contribution in [3.8, 4) is 11.1 Å². The molecular formula is C26H35NO5. The summed E-state index contributed by atoms with van der Waals surface area (Å²) in [4.78, 5) is 34.9. The Hall–Kier alpha value is -3.15. The number of hydrogen-bond donors (Lipinski definition) is 2. The lowest BCUT2D eigenvalue weighted by molar-refractivity contribution is -0.148. The number of benzene rings is 2. The minimum absolute atomic E-state index is 0.0907. The van der Waals surface area contributed by atoms with Gasteiger partial charge in [-0.2, -0.15) is 0 Å². The zero-order valence-electron chi connectivity index (χ0n) is 19.5. The second kappa shape index (κ2) is 14.8. The fourth-order valence-electron chi connectivity index (χ4n) is 3.27. The van der Waals surface area contributed by atoms with E-state index in [4.69, 9.17) is 9.84 Å². The number of hydrogen-bond acceptors (Lipinski definition) is 4. The number of rotatable bonds is 11. The summed E-state index contributed by atoms with van der Waals surface area (Å²) in [6, 6.07) is 17.8. The normalized spacial score (nSPS) is 12.0. The lowest BCUT2D eigenvalue weighted by atomic mass is 9.94. The van der Waals surface area contributed by atoms with Crippen LogP contribution in [0, 0.1) is 5.92 Å². The van der Waals surface area contributed by atoms with Crippen LogP contribution in [0.2, 0.25) is 0 Å². The van der Waals surface area contributed by atoms with E-state index in [2.05, 4.69) is 5.32 Å². The number of carbonyl (C=O) groups excluding carboxylic acids is 2. The third-order valence-corrected chi connectivity index (χ3v) is 4.80. The predicted octanol–water partition coefficient (Wildman–Crippen LogP) is 4.86. The lowest BCUT2D eigenvalue weighted by Gasteiger charge is -2.22. The van der Waals surface area contributed by atoms with Crippen molar-refractivity contribution in [1.82, 2.24) is 5.32 Å². The molecular weight excluding hydrogens is 406 g/mol. The van der Waals surface area contributed by atoms with Crippen LogP contribution in [0.4, 0.5) is 0 Å². The maximum absolute atomic E-state index is 12.2. The van der Waals surface area contributed by atoms with Gasteiger partial charge in [-0.15, -0.1) is 0 Å². The van der Waals surface area contributed by atoms with Gasteiger partial charge in [0.1, 0.15) is 0 Å². The molecule has 0 spiro atoms. The highest BCUT2D eigenvalue weighted by molar-refractivity contribution is 5.81. The van der Waals surface area contributed by atoms with E-state index >= 15 is 0 Å². The van der Waals surface area contributed by atoms with Crippen LogP contribution in [0.15, 0.2) is 54.6 Å². The minimum Gasteiger partial charge on any atom is -0.481 e. The molecule has 2 N–H and O–H groups in total. The van der Waals surface area contributed by atoms with Crippen LogP contribution in [0.5, 0.6) is 0 Å². The number of ether oxygens (including phenoxy) is 1. The first kappa shape index (κ1) is 26.9. The van der Waals surface area contributed by atoms with Crippen LogP contribution in [0.3, 0.4) is 0 Å². The van der Waals surface area contributed by atoms with Gasteiger partial charge in [-0.3, -0.25) is 14.4 Å². The Bertz CT molecular complexity index is 833. The van der Waals surface area contributed by atoms with Crippen LogP contribution in [-0.4, -0.2) is 35.6 Å². The van der Waals surface area contributed by atoms with Gasteiger partial charge < -0.3 is 15.2 Å². The largest absolute Gasteiger partial charge is 0.481 e. The number of aliphatic carboxylic acids is 1. The summed E-state index contributed by atoms with van der Waals surface area (Å²) in [5.41, 5.74) is 3.24. The highest BCUT2D eigenvalue weighted by atomic mass is 16.5. The van der Waals surface area contributed by atoms with E-state index in [0.29, 0.717) is 19.4 Å². The molecule has 174 valence electrons. The summed E-state index contributed by atoms with van der Waals surface area (Å²) in [5.74, 6) is -2.03. The van der Waals surface area contributed by atoms with Gasteiger partial charge in [0.25, 0.3) is 0 Å². The van der Waals surface area contributed by atoms with Gasteiger partial charge in [0, 0.05) is 12.5 Å². The summed E-state index contributed by atoms with van der Waals surface area (Å²) in [7, 11) is 0. The second-order valence-electron chi connectivity index (χ2n) is 7.31. The highest BCUT2D eigenvalue weighted by Crippen LogP contribution is 2.21. The average Bonchev–Trinajstić information content (AvgIpc) is 2.80. The Balaban J connectivity index is 0.00000249. The fraction of sp³-hybridized carbons (Fsp3) is 0.423. The molecule has 0 radical (unpaired) electrons. The monoisotopic (exact) mass is 441 g/mol. The Labute approximate surface area is 191 Å². The Morgan fingerprint density at radius 1 is 0.938 bits per heavy atom. The topological polar surface area (TPSA) is 92.7 Å². The summed E-state index contributed by atoms with van der Waals surface area (Å²) >= 11 is 0. The van der Waals surface area contributed by atoms with Crippen LogP contribution in [0.1, 0.15) is 52.5 Å². The van der Waals surface area contributed by atoms with Crippen LogP contribution >= 0.6 is 0 Å². The molecule has 0 aliphatic carbocycles. The Kier molecular flexibility index (Phi) is 12.4. The van der Waals surface area contributed by atoms with E-state index < -0.39 is 5.97 Å². The molecule has 0 saturated heterocycles. The van der Waals surface area contributed by atoms with Gasteiger partial charge in [-0.1, -0.05) is 75.4 Å². The number of carboxylic acids is 1. The van der Waals surface area contributed by atoms with E-state index in [1.807, 2.05) is 68.4 Å². The molecule has 0 bridgehead atoms. The summed E-state index contributed by atoms with van der Waals surface area (Å²) in [6.45, 7) is 7.83. The molecule has 1 amide bonds. The van der Waals surface area contributed by atoms with E-state index in [0.717, 1.165) is 16.7 Å². The standard InChI is InChI=1S/C24H29NO5.C2H6/c1-3-30-24(29)17(2)15-21(25-22(26)13-14-23(27)28)16-18-9-11-20(12-10-18)19-7-5-4-6-8-19;1-2/h4-12,17,21H,3,13-16H2,1-2H3,(H,25,26)(H,27,28);1-2H3/t17-,21+;/m1./s1. The lowest BCUT2D eigenvalue weighted by Crippen LogP contribution is -2.39. The maximum atomic E-state index is 12.2. The third-order valence-electron chi connectivity index (χ3n) is 4.80. The first-order valence-electron chi connectivity index (χ1n) is 11.2. The Morgan fingerprint density at radius 2 is 1.53 bits per heavy atom. The van der Waals surface area contributed by atoms with Crippen molar-refractivity contribution < 1.29 is 24.2 Å². The molecule has 6 heteroatoms. The number of esters is 1. The average molecular weight is 442 g/mol. The van der Waals surface area contributed by atoms with E-state index in [-0.39, 0.29) is 36.7 Å². The molecule has 0 fully saturated rings. The number of carboxylic acid groups (broad SMARTS) is 1. The van der Waals surface area contributed by atoms with Gasteiger partial charge in [0.05, 0.1) is 18.9 Å². The van der Waals surface area contributed by atoms with E-state index in [9.17, 15) is 14.4 Å². The van der Waals surface area contributed by atoms with Crippen molar-refractivity contribution in [2.45, 2.75) is 59.4 Å². The fourth-order valence-corrected chi connectivity index (χ4v) is 3.27. The molecule has 6 nitrogen and oxygen atoms in total. The first-order valence-corrected chi connectivity index (χ1v) is 11.2. The van der Waals surface area contributed by atoms with Crippen molar-refractivity contribution in [3.63, 3.8) is 0 Å². The molecule has 0 heterocycles. The van der Waals surface area contributed by atoms with E-state index in [1.54, 1.807) is 13.8 Å². The van der Waals surface area contributed by atoms with Crippen molar-refractivity contribution >= 4 is 17.8 Å². The zero-order valence-corrected chi connectivity index (χ0v) is 19.5. The summed E-state index contributed by atoms with van der Waals surface area (Å²) < 4.78 is 5.07. The van der Waals surface area contributed by atoms with Crippen molar-refractivity contribution in [2.75, 3.05) is 6.61 Å². The quantitative estimate of drug-likeness (QED) is 0.486. The third kappa shape index (κ3) is 9.77. The maximum Gasteiger partial charge on any atom is 0.308 e. The predicted molar refractivity (Wildman–Crippen MR) is 126 cm³/mol. The van der Waals surface area contributed by atoms with E-state index in [1.165, 1.54) is 0 Å². The van der Waals surface area contributed by atoms with Crippen molar-refractivity contribution in [3.05, 3.63) is 60.2 Å². The molecule has 2 atom stereocenters. The molecule has 0 unspecified atom stereocenters. The van der Waals surface area contributed by atoms with Gasteiger partial charge in [-0.05, 0) is 36.5 Å². The zero-order chi connectivity index (χ0) is 23.9. The molecule has 0 saturated carbocycles. The van der Waals surface area contributed by atoms with Gasteiger partial charge in [0.15, 0.2) is 0 Å². The molecule has 32 heavy (non-hydrogen) atoms. The van der Waals surface area contributed by atoms with Crippen LogP contribution in [-0.2, 0) is 25.5 Å². The van der Waals surface area contributed by atoms with Gasteiger partial charge in [-0.25, -0.2) is 0 Å². The molecule has 0 aromatic heterocycles. The SMILES string of the molecule is CC.CCOC(=O)[C@H](C)C[C@@H](Cc1ccc(-c2ccccc2)cc1)NC(=O)CCC(=O)O. The molecule has 0 aliphatic heterocycles. The smallest absolute Gasteiger partial charge is 0.308 e. The molecule has 2 rings (SSSR count). The summed E-state index contributed by atoms with van der Waals surface area (Å²) in [5, 5.41) is 11.7. The van der Waals surface area contributed by atoms with Crippen molar-refractivity contribution in [1.29, 1.82) is 0 Å². The number of amides is 1. The number of nitrogens with one attached hydrogen (secondary N) is 1. The molecule has 0 aliphatic rings. The second-order valence-corrected chi connectivity index (χ2v) is 7.31. The molecule has 2 aromatic rings. The Morgan fingerprint density at radius 3 is 2.09 bits per heavy atom. The minimum atomic E-state index is -1.02. The molecule has 2 aromatic carbocycles. The van der Waals surface area contributed by atoms with Gasteiger partial charge >= 0.3 is 11.9 Å². The first-order chi connectivity index (χ1) is 15.4. The number of carbonyl (C=O) groups is 3. The van der Waals surface area contributed by atoms with Gasteiger partial charge in [0.2, 0.25) is 5.91 Å². The highest BCUT2D eigenvalue weighted by Gasteiger charge is 2.22. The van der Waals surface area contributed by atoms with Crippen molar-refractivity contribution in [2.24, 2.45) is 5.92 Å². The van der Waals surface area contributed by atoms with Crippen LogP contribution in [0.25, 0.3) is 11.1 Å². The van der Waals surface area contributed by atoms with Crippen LogP contribution < -0.4 is 5.32 Å².